The first-order valence-electron chi connectivity index (χ1n) is 5.61. The van der Waals surface area contributed by atoms with Crippen LogP contribution in [0.5, 0.6) is 0 Å². The number of hydrogen-bond acceptors (Lipinski definition) is 2. The van der Waals surface area contributed by atoms with E-state index in [2.05, 4.69) is 26.0 Å². The van der Waals surface area contributed by atoms with Crippen LogP contribution in [-0.4, -0.2) is 10.9 Å². The summed E-state index contributed by atoms with van der Waals surface area (Å²) in [6.45, 7) is 4.48. The molecule has 0 aliphatic heterocycles. The molecule has 0 aliphatic rings. The van der Waals surface area contributed by atoms with Gasteiger partial charge >= 0.3 is 0 Å². The molecule has 1 nitrogen and oxygen atoms in total. The van der Waals surface area contributed by atoms with Crippen molar-refractivity contribution < 1.29 is 5.11 Å². The lowest BCUT2D eigenvalue weighted by Crippen LogP contribution is -1.88. The molecule has 0 amide bonds. The molecule has 0 aromatic heterocycles. The van der Waals surface area contributed by atoms with Gasteiger partial charge in [-0.25, -0.2) is 0 Å². The number of unbranched alkanes of at least 4 members (excludes halogenated alkanes) is 2. The third-order valence-electron chi connectivity index (χ3n) is 2.43. The van der Waals surface area contributed by atoms with Crippen LogP contribution in [0.25, 0.3) is 0 Å². The lowest BCUT2D eigenvalue weighted by atomic mass is 10.1. The zero-order valence-electron chi connectivity index (χ0n) is 9.62. The standard InChI is InChI=1S/C13H20OS/c1-3-4-5-8-15-13-7-6-12(10-14)9-11(13)2/h6-7,9,14H,3-5,8,10H2,1-2H3. The van der Waals surface area contributed by atoms with Crippen molar-refractivity contribution in [3.8, 4) is 0 Å². The number of benzene rings is 1. The van der Waals surface area contributed by atoms with Crippen molar-refractivity contribution >= 4 is 11.8 Å². The van der Waals surface area contributed by atoms with Crippen LogP contribution in [-0.2, 0) is 6.61 Å². The molecule has 0 unspecified atom stereocenters. The minimum absolute atomic E-state index is 0.140. The Kier molecular flexibility index (Phi) is 5.81. The van der Waals surface area contributed by atoms with Crippen molar-refractivity contribution in [3.63, 3.8) is 0 Å². The van der Waals surface area contributed by atoms with Crippen molar-refractivity contribution in [1.82, 2.24) is 0 Å². The Bertz CT molecular complexity index is 297. The van der Waals surface area contributed by atoms with Gasteiger partial charge in [0.2, 0.25) is 0 Å². The van der Waals surface area contributed by atoms with Crippen LogP contribution in [0, 0.1) is 6.92 Å². The van der Waals surface area contributed by atoms with Crippen LogP contribution < -0.4 is 0 Å². The highest BCUT2D eigenvalue weighted by Crippen LogP contribution is 2.24. The van der Waals surface area contributed by atoms with Gasteiger partial charge in [0.15, 0.2) is 0 Å². The lowest BCUT2D eigenvalue weighted by Gasteiger charge is -2.06. The molecule has 84 valence electrons. The molecule has 0 spiro atoms. The summed E-state index contributed by atoms with van der Waals surface area (Å²) in [4.78, 5) is 1.35. The van der Waals surface area contributed by atoms with Gasteiger partial charge in [-0.15, -0.1) is 11.8 Å². The van der Waals surface area contributed by atoms with E-state index in [1.54, 1.807) is 0 Å². The van der Waals surface area contributed by atoms with E-state index in [1.165, 1.54) is 35.5 Å². The summed E-state index contributed by atoms with van der Waals surface area (Å²) < 4.78 is 0. The van der Waals surface area contributed by atoms with E-state index in [4.69, 9.17) is 5.11 Å². The van der Waals surface area contributed by atoms with Crippen molar-refractivity contribution in [2.24, 2.45) is 0 Å². The largest absolute Gasteiger partial charge is 0.392 e. The van der Waals surface area contributed by atoms with Crippen LogP contribution in [0.2, 0.25) is 0 Å². The third-order valence-corrected chi connectivity index (χ3v) is 3.69. The van der Waals surface area contributed by atoms with Crippen LogP contribution in [0.4, 0.5) is 0 Å². The summed E-state index contributed by atoms with van der Waals surface area (Å²) >= 11 is 1.92. The van der Waals surface area contributed by atoms with Gasteiger partial charge in [0, 0.05) is 4.90 Å². The molecule has 0 atom stereocenters. The van der Waals surface area contributed by atoms with Crippen molar-refractivity contribution in [2.75, 3.05) is 5.75 Å². The number of aliphatic hydroxyl groups is 1. The maximum atomic E-state index is 8.99. The second kappa shape index (κ2) is 6.91. The summed E-state index contributed by atoms with van der Waals surface area (Å²) in [5.74, 6) is 1.20. The quantitative estimate of drug-likeness (QED) is 0.586. The fourth-order valence-electron chi connectivity index (χ4n) is 1.51. The van der Waals surface area contributed by atoms with Crippen LogP contribution in [0.1, 0.15) is 37.3 Å². The minimum Gasteiger partial charge on any atom is -0.392 e. The highest BCUT2D eigenvalue weighted by molar-refractivity contribution is 7.99. The summed E-state index contributed by atoms with van der Waals surface area (Å²) in [6, 6.07) is 6.20. The predicted octanol–water partition coefficient (Wildman–Crippen LogP) is 3.77. The van der Waals surface area contributed by atoms with Gasteiger partial charge < -0.3 is 5.11 Å². The highest BCUT2D eigenvalue weighted by Gasteiger charge is 2.00. The molecule has 1 aromatic rings. The monoisotopic (exact) mass is 224 g/mol. The molecule has 0 bridgehead atoms. The third kappa shape index (κ3) is 4.27. The SMILES string of the molecule is CCCCCSc1ccc(CO)cc1C. The van der Waals surface area contributed by atoms with Crippen molar-refractivity contribution in [3.05, 3.63) is 29.3 Å². The smallest absolute Gasteiger partial charge is 0.0681 e. The maximum absolute atomic E-state index is 8.99. The summed E-state index contributed by atoms with van der Waals surface area (Å²) in [5.41, 5.74) is 2.29. The molecule has 1 rings (SSSR count). The van der Waals surface area contributed by atoms with E-state index in [-0.39, 0.29) is 6.61 Å². The average Bonchev–Trinajstić information content (AvgIpc) is 2.26. The van der Waals surface area contributed by atoms with Gasteiger partial charge in [-0.2, -0.15) is 0 Å². The molecule has 0 radical (unpaired) electrons. The predicted molar refractivity (Wildman–Crippen MR) is 67.4 cm³/mol. The molecule has 0 saturated heterocycles. The van der Waals surface area contributed by atoms with E-state index in [1.807, 2.05) is 17.8 Å². The van der Waals surface area contributed by atoms with Gasteiger partial charge in [-0.05, 0) is 36.3 Å². The Morgan fingerprint density at radius 2 is 2.07 bits per heavy atom. The molecule has 0 fully saturated rings. The average molecular weight is 224 g/mol. The number of hydrogen-bond donors (Lipinski definition) is 1. The van der Waals surface area contributed by atoms with Crippen molar-refractivity contribution in [1.29, 1.82) is 0 Å². The number of aryl methyl sites for hydroxylation is 1. The van der Waals surface area contributed by atoms with Crippen LogP contribution >= 0.6 is 11.8 Å². The number of rotatable bonds is 6. The molecular weight excluding hydrogens is 204 g/mol. The first kappa shape index (κ1) is 12.6. The molecule has 15 heavy (non-hydrogen) atoms. The number of aliphatic hydroxyl groups excluding tert-OH is 1. The fraction of sp³-hybridized carbons (Fsp3) is 0.538. The lowest BCUT2D eigenvalue weighted by molar-refractivity contribution is 0.281. The Balaban J connectivity index is 2.47. The van der Waals surface area contributed by atoms with Gasteiger partial charge in [0.25, 0.3) is 0 Å². The van der Waals surface area contributed by atoms with Gasteiger partial charge in [-0.3, -0.25) is 0 Å². The van der Waals surface area contributed by atoms with Crippen LogP contribution in [0.15, 0.2) is 23.1 Å². The van der Waals surface area contributed by atoms with E-state index < -0.39 is 0 Å². The van der Waals surface area contributed by atoms with Gasteiger partial charge in [0.1, 0.15) is 0 Å². The van der Waals surface area contributed by atoms with Gasteiger partial charge in [-0.1, -0.05) is 31.9 Å². The zero-order valence-corrected chi connectivity index (χ0v) is 10.4. The Hall–Kier alpha value is -0.470. The van der Waals surface area contributed by atoms with E-state index in [0.717, 1.165) is 5.56 Å². The minimum atomic E-state index is 0.140. The molecule has 1 aromatic carbocycles. The zero-order chi connectivity index (χ0) is 11.1. The molecule has 0 aliphatic carbocycles. The maximum Gasteiger partial charge on any atom is 0.0681 e. The summed E-state index contributed by atoms with van der Waals surface area (Å²) in [6.07, 6.45) is 3.89. The Morgan fingerprint density at radius 3 is 2.67 bits per heavy atom. The summed E-state index contributed by atoms with van der Waals surface area (Å²) in [5, 5.41) is 8.99. The van der Waals surface area contributed by atoms with E-state index >= 15 is 0 Å². The topological polar surface area (TPSA) is 20.2 Å². The van der Waals surface area contributed by atoms with Crippen molar-refractivity contribution in [2.45, 2.75) is 44.6 Å². The molecule has 1 N–H and O–H groups in total. The fourth-order valence-corrected chi connectivity index (χ4v) is 2.53. The molecule has 0 heterocycles. The first-order valence-corrected chi connectivity index (χ1v) is 6.59. The number of thioether (sulfide) groups is 1. The van der Waals surface area contributed by atoms with E-state index in [0.29, 0.717) is 0 Å². The summed E-state index contributed by atoms with van der Waals surface area (Å²) in [7, 11) is 0. The van der Waals surface area contributed by atoms with Gasteiger partial charge in [0.05, 0.1) is 6.61 Å². The molecular formula is C13H20OS. The normalized spacial score (nSPS) is 10.6. The van der Waals surface area contributed by atoms with E-state index in [9.17, 15) is 0 Å². The Morgan fingerprint density at radius 1 is 1.27 bits per heavy atom. The first-order chi connectivity index (χ1) is 7.27. The second-order valence-electron chi connectivity index (χ2n) is 3.81. The molecule has 0 saturated carbocycles. The molecule has 2 heteroatoms. The van der Waals surface area contributed by atoms with Crippen LogP contribution in [0.3, 0.4) is 0 Å². The second-order valence-corrected chi connectivity index (χ2v) is 4.95. The highest BCUT2D eigenvalue weighted by atomic mass is 32.2. The Labute approximate surface area is 96.9 Å².